The molecule has 0 fully saturated rings. The number of hydrogen-bond donors (Lipinski definition) is 3. The molecule has 0 aliphatic heterocycles. The zero-order chi connectivity index (χ0) is 13.0. The summed E-state index contributed by atoms with van der Waals surface area (Å²) in [7, 11) is 0. The number of carbonyl (C=O) groups is 1. The van der Waals surface area contributed by atoms with E-state index in [2.05, 4.69) is 15.7 Å². The predicted octanol–water partition coefficient (Wildman–Crippen LogP) is 1.73. The van der Waals surface area contributed by atoms with Crippen LogP contribution < -0.4 is 16.6 Å². The molecule has 0 atom stereocenters. The van der Waals surface area contributed by atoms with Crippen molar-refractivity contribution >= 4 is 28.1 Å². The number of para-hydroxylation sites is 1. The van der Waals surface area contributed by atoms with Crippen molar-refractivity contribution in [3.05, 3.63) is 40.9 Å². The van der Waals surface area contributed by atoms with Gasteiger partial charge in [-0.2, -0.15) is 0 Å². The third kappa shape index (κ3) is 3.06. The highest BCUT2D eigenvalue weighted by Gasteiger charge is 2.07. The van der Waals surface area contributed by atoms with Crippen molar-refractivity contribution in [2.24, 2.45) is 5.84 Å². The van der Waals surface area contributed by atoms with Gasteiger partial charge in [-0.25, -0.2) is 10.8 Å². The molecule has 2 rings (SSSR count). The average molecular weight is 262 g/mol. The number of anilines is 2. The van der Waals surface area contributed by atoms with Gasteiger partial charge in [0.15, 0.2) is 5.13 Å². The fourth-order valence-corrected chi connectivity index (χ4v) is 2.21. The lowest BCUT2D eigenvalue weighted by Crippen LogP contribution is -2.31. The summed E-state index contributed by atoms with van der Waals surface area (Å²) >= 11 is 1.46. The summed E-state index contributed by atoms with van der Waals surface area (Å²) in [6.07, 6.45) is 0.197. The van der Waals surface area contributed by atoms with E-state index in [-0.39, 0.29) is 12.3 Å². The van der Waals surface area contributed by atoms with Crippen molar-refractivity contribution in [2.75, 3.05) is 5.32 Å². The first-order chi connectivity index (χ1) is 8.69. The monoisotopic (exact) mass is 262 g/mol. The van der Waals surface area contributed by atoms with Gasteiger partial charge in [-0.3, -0.25) is 10.2 Å². The first-order valence-corrected chi connectivity index (χ1v) is 6.33. The molecule has 1 heterocycles. The number of amides is 1. The molecule has 6 heteroatoms. The molecule has 18 heavy (non-hydrogen) atoms. The number of nitrogens with one attached hydrogen (secondary N) is 2. The average Bonchev–Trinajstić information content (AvgIpc) is 2.79. The summed E-state index contributed by atoms with van der Waals surface area (Å²) in [4.78, 5) is 15.4. The molecule has 4 N–H and O–H groups in total. The summed E-state index contributed by atoms with van der Waals surface area (Å²) in [6.45, 7) is 2.03. The van der Waals surface area contributed by atoms with E-state index < -0.39 is 0 Å². The van der Waals surface area contributed by atoms with Crippen LogP contribution in [-0.2, 0) is 11.2 Å². The molecule has 0 aliphatic carbocycles. The van der Waals surface area contributed by atoms with Gasteiger partial charge in [0.05, 0.1) is 12.1 Å². The Bertz CT molecular complexity index is 553. The van der Waals surface area contributed by atoms with Crippen LogP contribution in [0.1, 0.15) is 11.3 Å². The Morgan fingerprint density at radius 2 is 2.22 bits per heavy atom. The molecule has 2 aromatic rings. The second kappa shape index (κ2) is 5.61. The fraction of sp³-hybridized carbons (Fsp3) is 0.167. The van der Waals surface area contributed by atoms with Crippen LogP contribution in [0, 0.1) is 6.92 Å². The maximum atomic E-state index is 11.1. The van der Waals surface area contributed by atoms with E-state index in [1.165, 1.54) is 11.3 Å². The van der Waals surface area contributed by atoms with E-state index in [4.69, 9.17) is 5.84 Å². The number of nitrogens with two attached hydrogens (primary N) is 1. The molecule has 0 unspecified atom stereocenters. The molecule has 94 valence electrons. The molecular formula is C12H14N4OS. The molecule has 0 bridgehead atoms. The molecule has 0 spiro atoms. The number of thiazole rings is 1. The van der Waals surface area contributed by atoms with Crippen molar-refractivity contribution in [1.82, 2.24) is 10.4 Å². The third-order valence-corrected chi connectivity index (χ3v) is 3.25. The second-order valence-electron chi connectivity index (χ2n) is 3.83. The van der Waals surface area contributed by atoms with Gasteiger partial charge >= 0.3 is 0 Å². The smallest absolute Gasteiger partial charge is 0.239 e. The number of rotatable bonds is 4. The highest BCUT2D eigenvalue weighted by molar-refractivity contribution is 7.13. The van der Waals surface area contributed by atoms with Gasteiger partial charge in [-0.15, -0.1) is 11.3 Å². The molecule has 1 aromatic carbocycles. The molecule has 0 saturated heterocycles. The van der Waals surface area contributed by atoms with Crippen LogP contribution in [0.3, 0.4) is 0 Å². The van der Waals surface area contributed by atoms with E-state index in [1.807, 2.05) is 36.6 Å². The van der Waals surface area contributed by atoms with Crippen molar-refractivity contribution in [1.29, 1.82) is 0 Å². The zero-order valence-electron chi connectivity index (χ0n) is 9.93. The van der Waals surface area contributed by atoms with Gasteiger partial charge in [-0.05, 0) is 18.6 Å². The molecule has 1 aromatic heterocycles. The standard InChI is InChI=1S/C12H14N4OS/c1-8-4-2-3-5-10(8)15-12-14-9(7-18-12)6-11(17)16-13/h2-5,7H,6,13H2,1H3,(H,14,15)(H,16,17). The van der Waals surface area contributed by atoms with Crippen molar-refractivity contribution in [3.63, 3.8) is 0 Å². The summed E-state index contributed by atoms with van der Waals surface area (Å²) < 4.78 is 0. The van der Waals surface area contributed by atoms with Crippen molar-refractivity contribution in [2.45, 2.75) is 13.3 Å². The van der Waals surface area contributed by atoms with E-state index >= 15 is 0 Å². The van der Waals surface area contributed by atoms with Gasteiger partial charge in [0.1, 0.15) is 0 Å². The molecule has 0 radical (unpaired) electrons. The first kappa shape index (κ1) is 12.5. The Morgan fingerprint density at radius 3 is 2.94 bits per heavy atom. The number of carbonyl (C=O) groups excluding carboxylic acids is 1. The van der Waals surface area contributed by atoms with Crippen molar-refractivity contribution in [3.8, 4) is 0 Å². The Labute approximate surface area is 109 Å². The minimum atomic E-state index is -0.247. The van der Waals surface area contributed by atoms with Gasteiger partial charge in [0, 0.05) is 11.1 Å². The maximum absolute atomic E-state index is 11.1. The van der Waals surface area contributed by atoms with E-state index in [9.17, 15) is 4.79 Å². The molecule has 1 amide bonds. The quantitative estimate of drug-likeness (QED) is 0.445. The maximum Gasteiger partial charge on any atom is 0.239 e. The minimum Gasteiger partial charge on any atom is -0.331 e. The molecule has 5 nitrogen and oxygen atoms in total. The highest BCUT2D eigenvalue weighted by Crippen LogP contribution is 2.23. The second-order valence-corrected chi connectivity index (χ2v) is 4.69. The molecular weight excluding hydrogens is 248 g/mol. The number of hydrazine groups is 1. The lowest BCUT2D eigenvalue weighted by Gasteiger charge is -2.05. The Morgan fingerprint density at radius 1 is 1.44 bits per heavy atom. The Balaban J connectivity index is 2.07. The van der Waals surface area contributed by atoms with E-state index in [0.29, 0.717) is 5.69 Å². The summed E-state index contributed by atoms with van der Waals surface area (Å²) in [6, 6.07) is 7.97. The van der Waals surface area contributed by atoms with Crippen LogP contribution in [0.25, 0.3) is 0 Å². The Hall–Kier alpha value is -1.92. The predicted molar refractivity (Wildman–Crippen MR) is 72.6 cm³/mol. The summed E-state index contributed by atoms with van der Waals surface area (Å²) in [5, 5.41) is 5.84. The number of hydrogen-bond acceptors (Lipinski definition) is 5. The third-order valence-electron chi connectivity index (χ3n) is 2.44. The number of benzene rings is 1. The molecule has 0 saturated carbocycles. The van der Waals surface area contributed by atoms with Gasteiger partial charge in [0.2, 0.25) is 5.91 Å². The number of nitrogens with zero attached hydrogens (tertiary/aromatic N) is 1. The molecule has 0 aliphatic rings. The van der Waals surface area contributed by atoms with Crippen LogP contribution in [0.2, 0.25) is 0 Å². The summed E-state index contributed by atoms with van der Waals surface area (Å²) in [5.41, 5.74) is 4.96. The largest absolute Gasteiger partial charge is 0.331 e. The van der Waals surface area contributed by atoms with Gasteiger partial charge in [-0.1, -0.05) is 18.2 Å². The van der Waals surface area contributed by atoms with E-state index in [0.717, 1.165) is 16.4 Å². The fourth-order valence-electron chi connectivity index (χ4n) is 1.49. The van der Waals surface area contributed by atoms with Crippen molar-refractivity contribution < 1.29 is 4.79 Å². The van der Waals surface area contributed by atoms with Crippen LogP contribution in [-0.4, -0.2) is 10.9 Å². The van der Waals surface area contributed by atoms with Crippen LogP contribution in [0.5, 0.6) is 0 Å². The highest BCUT2D eigenvalue weighted by atomic mass is 32.1. The lowest BCUT2D eigenvalue weighted by atomic mass is 10.2. The van der Waals surface area contributed by atoms with Gasteiger partial charge in [0.25, 0.3) is 0 Å². The Kier molecular flexibility index (Phi) is 3.91. The van der Waals surface area contributed by atoms with E-state index in [1.54, 1.807) is 0 Å². The SMILES string of the molecule is Cc1ccccc1Nc1nc(CC(=O)NN)cs1. The zero-order valence-corrected chi connectivity index (χ0v) is 10.8. The first-order valence-electron chi connectivity index (χ1n) is 5.45. The lowest BCUT2D eigenvalue weighted by molar-refractivity contribution is -0.120. The van der Waals surface area contributed by atoms with Crippen LogP contribution in [0.15, 0.2) is 29.6 Å². The normalized spacial score (nSPS) is 10.1. The topological polar surface area (TPSA) is 80.0 Å². The van der Waals surface area contributed by atoms with Crippen LogP contribution >= 0.6 is 11.3 Å². The number of aryl methyl sites for hydroxylation is 1. The van der Waals surface area contributed by atoms with Crippen LogP contribution in [0.4, 0.5) is 10.8 Å². The minimum absolute atomic E-state index is 0.197. The summed E-state index contributed by atoms with van der Waals surface area (Å²) in [5.74, 6) is 4.78. The van der Waals surface area contributed by atoms with Gasteiger partial charge < -0.3 is 5.32 Å². The number of aromatic nitrogens is 1.